The van der Waals surface area contributed by atoms with E-state index in [-0.39, 0.29) is 18.9 Å². The SMILES string of the molecule is CC(C)(C)OC(=O)N1CCN=C1NCCC[C@H](NC(=O)OCC1c2ccccc2-c2ccccc21)C(=O)O. The number of carboxylic acids is 1. The molecule has 2 aromatic rings. The Balaban J connectivity index is 1.25. The Morgan fingerprint density at radius 2 is 1.71 bits per heavy atom. The summed E-state index contributed by atoms with van der Waals surface area (Å²) in [6.07, 6.45) is -0.668. The second kappa shape index (κ2) is 11.5. The number of aliphatic carboxylic acids is 1. The van der Waals surface area contributed by atoms with Crippen molar-refractivity contribution in [1.82, 2.24) is 15.5 Å². The fourth-order valence-corrected chi connectivity index (χ4v) is 4.64. The lowest BCUT2D eigenvalue weighted by atomic mass is 9.98. The van der Waals surface area contributed by atoms with Gasteiger partial charge in [0.25, 0.3) is 0 Å². The van der Waals surface area contributed by atoms with E-state index in [1.807, 2.05) is 48.5 Å². The van der Waals surface area contributed by atoms with Gasteiger partial charge in [-0.2, -0.15) is 0 Å². The molecule has 0 bridgehead atoms. The first-order valence-electron chi connectivity index (χ1n) is 12.8. The molecule has 2 aromatic carbocycles. The van der Waals surface area contributed by atoms with E-state index in [0.717, 1.165) is 22.3 Å². The second-order valence-electron chi connectivity index (χ2n) is 10.3. The molecule has 1 aliphatic heterocycles. The zero-order valence-electron chi connectivity index (χ0n) is 21.9. The van der Waals surface area contributed by atoms with Crippen LogP contribution >= 0.6 is 0 Å². The van der Waals surface area contributed by atoms with E-state index in [1.165, 1.54) is 4.90 Å². The minimum absolute atomic E-state index is 0.105. The van der Waals surface area contributed by atoms with E-state index >= 15 is 0 Å². The lowest BCUT2D eigenvalue weighted by Gasteiger charge is -2.25. The molecule has 2 amide bonds. The van der Waals surface area contributed by atoms with E-state index in [0.29, 0.717) is 32.0 Å². The minimum Gasteiger partial charge on any atom is -0.480 e. The Labute approximate surface area is 222 Å². The molecule has 1 heterocycles. The van der Waals surface area contributed by atoms with Crippen LogP contribution in [0, 0.1) is 0 Å². The van der Waals surface area contributed by atoms with Crippen molar-refractivity contribution in [1.29, 1.82) is 0 Å². The highest BCUT2D eigenvalue weighted by atomic mass is 16.6. The average molecular weight is 523 g/mol. The number of rotatable bonds is 8. The van der Waals surface area contributed by atoms with Gasteiger partial charge in [-0.3, -0.25) is 4.99 Å². The van der Waals surface area contributed by atoms with Gasteiger partial charge in [0.2, 0.25) is 5.96 Å². The number of ether oxygens (including phenoxy) is 2. The molecule has 0 fully saturated rings. The first-order chi connectivity index (χ1) is 18.1. The Bertz CT molecular complexity index is 1180. The molecule has 202 valence electrons. The summed E-state index contributed by atoms with van der Waals surface area (Å²) >= 11 is 0. The summed E-state index contributed by atoms with van der Waals surface area (Å²) in [5.41, 5.74) is 3.77. The normalized spacial score (nSPS) is 15.2. The van der Waals surface area contributed by atoms with Crippen LogP contribution in [0.25, 0.3) is 11.1 Å². The molecular formula is C28H34N4O6. The van der Waals surface area contributed by atoms with Crippen LogP contribution < -0.4 is 10.6 Å². The van der Waals surface area contributed by atoms with E-state index in [4.69, 9.17) is 9.47 Å². The molecule has 3 N–H and O–H groups in total. The summed E-state index contributed by atoms with van der Waals surface area (Å²) in [4.78, 5) is 42.4. The third-order valence-corrected chi connectivity index (χ3v) is 6.34. The molecular weight excluding hydrogens is 488 g/mol. The number of hydrogen-bond donors (Lipinski definition) is 3. The number of hydrogen-bond acceptors (Lipinski definition) is 7. The number of nitrogens with one attached hydrogen (secondary N) is 2. The fourth-order valence-electron chi connectivity index (χ4n) is 4.64. The van der Waals surface area contributed by atoms with Crippen LogP contribution in [0.3, 0.4) is 0 Å². The Hall–Kier alpha value is -4.08. The number of aliphatic imine (C=N–C) groups is 1. The molecule has 1 aliphatic carbocycles. The van der Waals surface area contributed by atoms with Gasteiger partial charge in [0, 0.05) is 12.5 Å². The topological polar surface area (TPSA) is 130 Å². The fraction of sp³-hybridized carbons (Fsp3) is 0.429. The maximum Gasteiger partial charge on any atom is 0.417 e. The molecule has 0 aromatic heterocycles. The molecule has 0 radical (unpaired) electrons. The predicted octanol–water partition coefficient (Wildman–Crippen LogP) is 3.95. The summed E-state index contributed by atoms with van der Waals surface area (Å²) in [6, 6.07) is 14.9. The number of benzene rings is 2. The first kappa shape index (κ1) is 27.0. The van der Waals surface area contributed by atoms with Crippen LogP contribution in [0.1, 0.15) is 50.7 Å². The molecule has 10 nitrogen and oxygen atoms in total. The van der Waals surface area contributed by atoms with Crippen molar-refractivity contribution in [2.24, 2.45) is 4.99 Å². The standard InChI is InChI=1S/C28H34N4O6/c1-28(2,3)38-27(36)32-16-15-30-25(32)29-14-8-13-23(24(33)34)31-26(35)37-17-22-20-11-6-4-9-18(20)19-10-5-7-12-21(19)22/h4-7,9-12,22-23H,8,13-17H2,1-3H3,(H,29,30)(H,31,35)(H,33,34)/t23-/m0/s1. The maximum atomic E-state index is 12.5. The van der Waals surface area contributed by atoms with Crippen molar-refractivity contribution in [3.05, 3.63) is 59.7 Å². The number of guanidine groups is 1. The lowest BCUT2D eigenvalue weighted by Crippen LogP contribution is -2.45. The van der Waals surface area contributed by atoms with E-state index < -0.39 is 29.8 Å². The number of carboxylic acid groups (broad SMARTS) is 1. The Kier molecular flexibility index (Phi) is 8.19. The Morgan fingerprint density at radius 1 is 1.08 bits per heavy atom. The summed E-state index contributed by atoms with van der Waals surface area (Å²) in [5, 5.41) is 15.1. The van der Waals surface area contributed by atoms with Gasteiger partial charge in [-0.05, 0) is 55.9 Å². The number of alkyl carbamates (subject to hydrolysis) is 1. The summed E-state index contributed by atoms with van der Waals surface area (Å²) in [5.74, 6) is -0.858. The Morgan fingerprint density at radius 3 is 2.32 bits per heavy atom. The first-order valence-corrected chi connectivity index (χ1v) is 12.8. The van der Waals surface area contributed by atoms with Gasteiger partial charge in [0.05, 0.1) is 13.1 Å². The van der Waals surface area contributed by atoms with Crippen molar-refractivity contribution in [3.63, 3.8) is 0 Å². The van der Waals surface area contributed by atoms with Crippen molar-refractivity contribution in [2.75, 3.05) is 26.2 Å². The van der Waals surface area contributed by atoms with Gasteiger partial charge in [-0.15, -0.1) is 0 Å². The van der Waals surface area contributed by atoms with Gasteiger partial charge in [-0.1, -0.05) is 48.5 Å². The van der Waals surface area contributed by atoms with Crippen molar-refractivity contribution in [3.8, 4) is 11.1 Å². The van der Waals surface area contributed by atoms with Gasteiger partial charge in [0.15, 0.2) is 0 Å². The molecule has 0 saturated carbocycles. The van der Waals surface area contributed by atoms with E-state index in [2.05, 4.69) is 15.6 Å². The van der Waals surface area contributed by atoms with Crippen LogP contribution in [0.2, 0.25) is 0 Å². The van der Waals surface area contributed by atoms with Crippen LogP contribution in [0.4, 0.5) is 9.59 Å². The largest absolute Gasteiger partial charge is 0.480 e. The highest BCUT2D eigenvalue weighted by Crippen LogP contribution is 2.44. The van der Waals surface area contributed by atoms with Crippen LogP contribution in [-0.2, 0) is 14.3 Å². The molecule has 38 heavy (non-hydrogen) atoms. The minimum atomic E-state index is -1.15. The highest BCUT2D eigenvalue weighted by molar-refractivity contribution is 5.95. The molecule has 0 spiro atoms. The van der Waals surface area contributed by atoms with Gasteiger partial charge >= 0.3 is 18.2 Å². The van der Waals surface area contributed by atoms with Crippen molar-refractivity contribution >= 4 is 24.1 Å². The molecule has 0 unspecified atom stereocenters. The molecule has 4 rings (SSSR count). The predicted molar refractivity (Wildman–Crippen MR) is 142 cm³/mol. The van der Waals surface area contributed by atoms with Gasteiger partial charge in [0.1, 0.15) is 18.2 Å². The van der Waals surface area contributed by atoms with Crippen molar-refractivity contribution < 1.29 is 29.0 Å². The molecule has 10 heteroatoms. The van der Waals surface area contributed by atoms with Crippen LogP contribution in [-0.4, -0.2) is 72.0 Å². The van der Waals surface area contributed by atoms with Crippen LogP contribution in [0.15, 0.2) is 53.5 Å². The molecule has 2 aliphatic rings. The zero-order chi connectivity index (χ0) is 27.3. The highest BCUT2D eigenvalue weighted by Gasteiger charge is 2.30. The average Bonchev–Trinajstić information content (AvgIpc) is 3.46. The number of carbonyl (C=O) groups is 3. The number of amides is 2. The quantitative estimate of drug-likeness (QED) is 0.448. The molecule has 1 atom stereocenters. The summed E-state index contributed by atoms with van der Waals surface area (Å²) < 4.78 is 10.9. The summed E-state index contributed by atoms with van der Waals surface area (Å²) in [6.45, 7) is 6.73. The number of fused-ring (bicyclic) bond motifs is 3. The second-order valence-corrected chi connectivity index (χ2v) is 10.3. The maximum absolute atomic E-state index is 12.5. The van der Waals surface area contributed by atoms with Crippen LogP contribution in [0.5, 0.6) is 0 Å². The monoisotopic (exact) mass is 522 g/mol. The van der Waals surface area contributed by atoms with Crippen molar-refractivity contribution in [2.45, 2.75) is 51.2 Å². The third-order valence-electron chi connectivity index (χ3n) is 6.34. The number of nitrogens with zero attached hydrogens (tertiary/aromatic N) is 2. The molecule has 0 saturated heterocycles. The van der Waals surface area contributed by atoms with Gasteiger partial charge in [-0.25, -0.2) is 19.3 Å². The van der Waals surface area contributed by atoms with Gasteiger partial charge < -0.3 is 25.2 Å². The number of carbonyl (C=O) groups excluding carboxylic acids is 2. The van der Waals surface area contributed by atoms with E-state index in [9.17, 15) is 19.5 Å². The zero-order valence-corrected chi connectivity index (χ0v) is 21.9. The smallest absolute Gasteiger partial charge is 0.417 e. The third kappa shape index (κ3) is 6.42. The van der Waals surface area contributed by atoms with E-state index in [1.54, 1.807) is 20.8 Å². The summed E-state index contributed by atoms with van der Waals surface area (Å²) in [7, 11) is 0. The lowest BCUT2D eigenvalue weighted by molar-refractivity contribution is -0.139.